The zero-order chi connectivity index (χ0) is 24.9. The Labute approximate surface area is 188 Å². The van der Waals surface area contributed by atoms with Crippen molar-refractivity contribution in [1.82, 2.24) is 16.1 Å². The van der Waals surface area contributed by atoms with Crippen molar-refractivity contribution in [2.24, 2.45) is 5.41 Å². The van der Waals surface area contributed by atoms with Gasteiger partial charge in [0.1, 0.15) is 19.3 Å². The van der Waals surface area contributed by atoms with Crippen molar-refractivity contribution >= 4 is 18.0 Å². The highest BCUT2D eigenvalue weighted by atomic mass is 17.1. The lowest BCUT2D eigenvalue weighted by Crippen LogP contribution is -2.41. The van der Waals surface area contributed by atoms with Crippen LogP contribution in [0.5, 0.6) is 0 Å². The molecular weight excluding hydrogens is 454 g/mol. The van der Waals surface area contributed by atoms with Crippen LogP contribution in [0.2, 0.25) is 0 Å². The van der Waals surface area contributed by atoms with Crippen LogP contribution in [0.4, 0.5) is 4.79 Å². The Morgan fingerprint density at radius 1 is 1.00 bits per heavy atom. The number of nitrogens with one attached hydrogen (secondary N) is 1. The third kappa shape index (κ3) is 13.2. The van der Waals surface area contributed by atoms with Crippen molar-refractivity contribution in [3.8, 4) is 0 Å². The molecule has 1 aliphatic rings. The minimum atomic E-state index is -1.28. The van der Waals surface area contributed by atoms with E-state index in [0.717, 1.165) is 19.3 Å². The monoisotopic (exact) mass is 485 g/mol. The maximum Gasteiger partial charge on any atom is 0.410 e. The van der Waals surface area contributed by atoms with Crippen molar-refractivity contribution in [3.63, 3.8) is 0 Å². The first-order chi connectivity index (χ1) is 15.5. The fraction of sp³-hybridized carbons (Fsp3) is 0.824. The molecule has 0 radical (unpaired) electrons. The number of ether oxygens (including phenoxy) is 3. The molecule has 1 saturated carbocycles. The Kier molecular flexibility index (Phi) is 13.0. The van der Waals surface area contributed by atoms with Crippen LogP contribution < -0.4 is 5.32 Å². The second kappa shape index (κ2) is 14.9. The summed E-state index contributed by atoms with van der Waals surface area (Å²) in [5.74, 6) is -1.87. The van der Waals surface area contributed by atoms with Crippen LogP contribution in [0, 0.1) is 5.41 Å². The van der Waals surface area contributed by atoms with E-state index in [2.05, 4.69) is 15.0 Å². The maximum absolute atomic E-state index is 12.0. The van der Waals surface area contributed by atoms with Gasteiger partial charge in [0.15, 0.2) is 0 Å². The van der Waals surface area contributed by atoms with Gasteiger partial charge in [-0.05, 0) is 18.3 Å². The highest BCUT2D eigenvalue weighted by molar-refractivity contribution is 5.71. The van der Waals surface area contributed by atoms with Gasteiger partial charge in [-0.25, -0.2) is 19.3 Å². The molecule has 0 aliphatic heterocycles. The SMILES string of the molecule is CC(OC(=O)COCC(CON(O)O)ON(O)O)OC(=O)NCC1(CC(=O)O)CCCCC1. The summed E-state index contributed by atoms with van der Waals surface area (Å²) in [4.78, 5) is 43.6. The summed E-state index contributed by atoms with van der Waals surface area (Å²) in [6.45, 7) is -0.283. The van der Waals surface area contributed by atoms with Crippen molar-refractivity contribution < 1.29 is 64.2 Å². The van der Waals surface area contributed by atoms with Gasteiger partial charge < -0.3 is 24.6 Å². The molecule has 33 heavy (non-hydrogen) atoms. The molecule has 1 rings (SSSR count). The second-order valence-corrected chi connectivity index (χ2v) is 7.49. The van der Waals surface area contributed by atoms with E-state index >= 15 is 0 Å². The van der Waals surface area contributed by atoms with Gasteiger partial charge in [0.25, 0.3) is 0 Å². The predicted octanol–water partition coefficient (Wildman–Crippen LogP) is 0.436. The number of carboxylic acids is 1. The molecule has 0 aromatic carbocycles. The standard InChI is InChI=1S/C17H31N3O13/c1-12(31-15(23)10-29-8-13(33-20(27)28)9-30-19(25)26)32-16(24)18-11-17(7-14(21)22)5-3-2-4-6-17/h12-13,25-28H,2-11H2,1H3,(H,18,24)(H,21,22). The number of carbonyl (C=O) groups is 3. The van der Waals surface area contributed by atoms with Gasteiger partial charge in [-0.1, -0.05) is 19.3 Å². The molecule has 16 heteroatoms. The zero-order valence-electron chi connectivity index (χ0n) is 18.1. The normalized spacial score (nSPS) is 17.4. The van der Waals surface area contributed by atoms with E-state index in [1.54, 1.807) is 0 Å². The first-order valence-electron chi connectivity index (χ1n) is 10.1. The van der Waals surface area contributed by atoms with Crippen LogP contribution in [0.3, 0.4) is 0 Å². The number of hydrogen-bond donors (Lipinski definition) is 6. The van der Waals surface area contributed by atoms with Gasteiger partial charge in [-0.15, -0.1) is 0 Å². The molecule has 2 unspecified atom stereocenters. The molecule has 16 nitrogen and oxygen atoms in total. The zero-order valence-corrected chi connectivity index (χ0v) is 18.1. The summed E-state index contributed by atoms with van der Waals surface area (Å²) in [5.41, 5.74) is -0.541. The van der Waals surface area contributed by atoms with Crippen molar-refractivity contribution in [2.75, 3.05) is 26.4 Å². The molecule has 1 aliphatic carbocycles. The molecule has 0 bridgehead atoms. The van der Waals surface area contributed by atoms with E-state index in [-0.39, 0.29) is 13.0 Å². The van der Waals surface area contributed by atoms with E-state index in [0.29, 0.717) is 12.8 Å². The van der Waals surface area contributed by atoms with Crippen molar-refractivity contribution in [3.05, 3.63) is 0 Å². The van der Waals surface area contributed by atoms with E-state index in [9.17, 15) is 14.4 Å². The van der Waals surface area contributed by atoms with E-state index in [1.807, 2.05) is 0 Å². The second-order valence-electron chi connectivity index (χ2n) is 7.49. The van der Waals surface area contributed by atoms with Gasteiger partial charge >= 0.3 is 18.0 Å². The van der Waals surface area contributed by atoms with E-state index < -0.39 is 66.4 Å². The number of nitrogens with zero attached hydrogens (tertiary/aromatic N) is 2. The summed E-state index contributed by atoms with van der Waals surface area (Å²) in [7, 11) is 0. The molecule has 1 amide bonds. The molecule has 0 heterocycles. The number of hydrogen-bond acceptors (Lipinski definition) is 14. The molecule has 6 N–H and O–H groups in total. The lowest BCUT2D eigenvalue weighted by Gasteiger charge is -2.36. The maximum atomic E-state index is 12.0. The highest BCUT2D eigenvalue weighted by Crippen LogP contribution is 2.38. The largest absolute Gasteiger partial charge is 0.481 e. The molecule has 2 atom stereocenters. The summed E-state index contributed by atoms with van der Waals surface area (Å²) < 4.78 is 14.7. The Morgan fingerprint density at radius 2 is 1.67 bits per heavy atom. The first-order valence-corrected chi connectivity index (χ1v) is 10.1. The Balaban J connectivity index is 2.35. The minimum Gasteiger partial charge on any atom is -0.481 e. The minimum absolute atomic E-state index is 0.0656. The van der Waals surface area contributed by atoms with E-state index in [4.69, 9.17) is 40.1 Å². The average molecular weight is 485 g/mol. The lowest BCUT2D eigenvalue weighted by atomic mass is 9.72. The number of aliphatic carboxylic acids is 1. The number of amides is 1. The fourth-order valence-corrected chi connectivity index (χ4v) is 3.40. The fourth-order valence-electron chi connectivity index (χ4n) is 3.40. The van der Waals surface area contributed by atoms with Gasteiger partial charge in [0.05, 0.1) is 23.8 Å². The summed E-state index contributed by atoms with van der Waals surface area (Å²) in [5, 5.41) is 44.6. The summed E-state index contributed by atoms with van der Waals surface area (Å²) in [6, 6.07) is 0. The molecule has 192 valence electrons. The number of esters is 1. The number of rotatable bonds is 15. The lowest BCUT2D eigenvalue weighted by molar-refractivity contribution is -0.528. The molecule has 0 aromatic heterocycles. The van der Waals surface area contributed by atoms with Crippen LogP contribution >= 0.6 is 0 Å². The number of carbonyl (C=O) groups excluding carboxylic acids is 2. The molecule has 1 fully saturated rings. The van der Waals surface area contributed by atoms with Crippen molar-refractivity contribution in [1.29, 1.82) is 0 Å². The third-order valence-corrected chi connectivity index (χ3v) is 4.76. The van der Waals surface area contributed by atoms with Crippen LogP contribution in [-0.2, 0) is 33.5 Å². The first kappa shape index (κ1) is 28.9. The molecular formula is C17H31N3O13. The average Bonchev–Trinajstić information content (AvgIpc) is 2.70. The Hall–Kier alpha value is -2.15. The van der Waals surface area contributed by atoms with Gasteiger partial charge in [-0.2, -0.15) is 0 Å². The summed E-state index contributed by atoms with van der Waals surface area (Å²) in [6.07, 6.45) is 0.649. The third-order valence-electron chi connectivity index (χ3n) is 4.76. The quantitative estimate of drug-likeness (QED) is 0.105. The van der Waals surface area contributed by atoms with Crippen LogP contribution in [0.25, 0.3) is 0 Å². The molecule has 0 aromatic rings. The van der Waals surface area contributed by atoms with Crippen LogP contribution in [0.15, 0.2) is 0 Å². The van der Waals surface area contributed by atoms with Crippen LogP contribution in [0.1, 0.15) is 45.4 Å². The van der Waals surface area contributed by atoms with Gasteiger partial charge in [-0.3, -0.25) is 25.6 Å². The predicted molar refractivity (Wildman–Crippen MR) is 100 cm³/mol. The van der Waals surface area contributed by atoms with Crippen molar-refractivity contribution in [2.45, 2.75) is 57.8 Å². The van der Waals surface area contributed by atoms with E-state index in [1.165, 1.54) is 6.92 Å². The Morgan fingerprint density at radius 3 is 2.24 bits per heavy atom. The Bertz CT molecular complexity index is 613. The number of alkyl carbamates (subject to hydrolysis) is 1. The summed E-state index contributed by atoms with van der Waals surface area (Å²) >= 11 is 0. The van der Waals surface area contributed by atoms with Crippen LogP contribution in [-0.4, -0.2) is 93.5 Å². The smallest absolute Gasteiger partial charge is 0.410 e. The molecule has 0 saturated heterocycles. The highest BCUT2D eigenvalue weighted by Gasteiger charge is 2.35. The topological polar surface area (TPSA) is 217 Å². The van der Waals surface area contributed by atoms with Gasteiger partial charge in [0, 0.05) is 13.5 Å². The van der Waals surface area contributed by atoms with Gasteiger partial charge in [0.2, 0.25) is 6.29 Å². The molecule has 0 spiro atoms. The number of carboxylic acid groups (broad SMARTS) is 1.